The van der Waals surface area contributed by atoms with Gasteiger partial charge in [-0.05, 0) is 68.2 Å². The van der Waals surface area contributed by atoms with E-state index in [1.165, 1.54) is 17.1 Å². The number of hydrogen-bond donors (Lipinski definition) is 1. The number of rotatable bonds is 9. The molecule has 1 aromatic heterocycles. The quantitative estimate of drug-likeness (QED) is 0.583. The van der Waals surface area contributed by atoms with Crippen LogP contribution >= 0.6 is 23.1 Å². The van der Waals surface area contributed by atoms with E-state index in [1.807, 2.05) is 24.8 Å². The number of anilines is 1. The van der Waals surface area contributed by atoms with Gasteiger partial charge in [-0.3, -0.25) is 0 Å². The maximum atomic E-state index is 13.0. The Morgan fingerprint density at radius 3 is 2.68 bits per heavy atom. The molecule has 2 aromatic rings. The van der Waals surface area contributed by atoms with Crippen molar-refractivity contribution in [3.8, 4) is 6.07 Å². The standard InChI is InChI=1S/C22H30N4O2S3/c1-4-29-14-18-6-9-26(10-7-18)20-11-16(2)22(19(12-20)13-23)31(27,28)25-8-5-21-17(3)24-15-30-21/h11-12,15,18,25H,4-10,14H2,1-3H3. The van der Waals surface area contributed by atoms with E-state index < -0.39 is 10.0 Å². The molecule has 0 bridgehead atoms. The van der Waals surface area contributed by atoms with Gasteiger partial charge in [-0.25, -0.2) is 18.1 Å². The average Bonchev–Trinajstić information content (AvgIpc) is 3.16. The summed E-state index contributed by atoms with van der Waals surface area (Å²) in [4.78, 5) is 7.63. The van der Waals surface area contributed by atoms with Crippen LogP contribution in [0, 0.1) is 31.1 Å². The summed E-state index contributed by atoms with van der Waals surface area (Å²) in [5, 5.41) is 9.71. The molecule has 9 heteroatoms. The second-order valence-corrected chi connectivity index (χ2v) is 11.8. The van der Waals surface area contributed by atoms with Gasteiger partial charge in [0, 0.05) is 30.2 Å². The van der Waals surface area contributed by atoms with Crippen LogP contribution in [0.25, 0.3) is 0 Å². The summed E-state index contributed by atoms with van der Waals surface area (Å²) >= 11 is 3.52. The van der Waals surface area contributed by atoms with Crippen LogP contribution in [0.5, 0.6) is 0 Å². The van der Waals surface area contributed by atoms with Gasteiger partial charge in [-0.15, -0.1) is 11.3 Å². The normalized spacial score (nSPS) is 15.2. The lowest BCUT2D eigenvalue weighted by molar-refractivity contribution is 0.445. The second kappa shape index (κ2) is 10.8. The summed E-state index contributed by atoms with van der Waals surface area (Å²) in [6, 6.07) is 5.75. The number of nitriles is 1. The molecule has 1 N–H and O–H groups in total. The van der Waals surface area contributed by atoms with Gasteiger partial charge in [-0.1, -0.05) is 6.92 Å². The van der Waals surface area contributed by atoms with Gasteiger partial charge in [0.2, 0.25) is 10.0 Å². The number of nitrogens with one attached hydrogen (secondary N) is 1. The van der Waals surface area contributed by atoms with E-state index in [0.29, 0.717) is 12.0 Å². The number of thiazole rings is 1. The first kappa shape index (κ1) is 24.1. The Morgan fingerprint density at radius 1 is 1.32 bits per heavy atom. The molecule has 1 fully saturated rings. The van der Waals surface area contributed by atoms with E-state index in [2.05, 4.69) is 27.6 Å². The smallest absolute Gasteiger partial charge is 0.242 e. The van der Waals surface area contributed by atoms with Gasteiger partial charge < -0.3 is 4.90 Å². The van der Waals surface area contributed by atoms with Crippen LogP contribution in [-0.2, 0) is 16.4 Å². The summed E-state index contributed by atoms with van der Waals surface area (Å²) < 4.78 is 28.6. The highest BCUT2D eigenvalue weighted by atomic mass is 32.2. The van der Waals surface area contributed by atoms with Crippen LogP contribution in [0.4, 0.5) is 5.69 Å². The van der Waals surface area contributed by atoms with Crippen LogP contribution in [-0.4, -0.2) is 44.5 Å². The SMILES string of the molecule is CCSCC1CCN(c2cc(C)c(S(=O)(=O)NCCc3scnc3C)c(C#N)c2)CC1. The molecular weight excluding hydrogens is 448 g/mol. The van der Waals surface area contributed by atoms with Crippen LogP contribution in [0.15, 0.2) is 22.5 Å². The van der Waals surface area contributed by atoms with Crippen molar-refractivity contribution in [2.45, 2.75) is 44.9 Å². The van der Waals surface area contributed by atoms with Gasteiger partial charge in [0.25, 0.3) is 0 Å². The lowest BCUT2D eigenvalue weighted by atomic mass is 9.98. The number of benzene rings is 1. The maximum absolute atomic E-state index is 13.0. The van der Waals surface area contributed by atoms with Crippen LogP contribution in [0.2, 0.25) is 0 Å². The molecule has 1 aliphatic heterocycles. The predicted molar refractivity (Wildman–Crippen MR) is 130 cm³/mol. The first-order valence-corrected chi connectivity index (χ1v) is 14.1. The number of nitrogens with zero attached hydrogens (tertiary/aromatic N) is 3. The molecule has 3 rings (SSSR count). The lowest BCUT2D eigenvalue weighted by Gasteiger charge is -2.34. The Bertz CT molecular complexity index is 1040. The first-order chi connectivity index (χ1) is 14.9. The molecule has 0 unspecified atom stereocenters. The van der Waals surface area contributed by atoms with Crippen molar-refractivity contribution in [3.63, 3.8) is 0 Å². The van der Waals surface area contributed by atoms with Crippen LogP contribution < -0.4 is 9.62 Å². The van der Waals surface area contributed by atoms with Gasteiger partial charge in [0.05, 0.1) is 16.8 Å². The van der Waals surface area contributed by atoms with Crippen LogP contribution in [0.3, 0.4) is 0 Å². The Balaban J connectivity index is 1.72. The molecule has 1 aromatic carbocycles. The fraction of sp³-hybridized carbons (Fsp3) is 0.545. The largest absolute Gasteiger partial charge is 0.371 e. The van der Waals surface area contributed by atoms with Gasteiger partial charge in [0.1, 0.15) is 11.0 Å². The third kappa shape index (κ3) is 6.01. The van der Waals surface area contributed by atoms with Crippen molar-refractivity contribution in [1.82, 2.24) is 9.71 Å². The summed E-state index contributed by atoms with van der Waals surface area (Å²) in [5.41, 5.74) is 4.45. The molecule has 2 heterocycles. The monoisotopic (exact) mass is 478 g/mol. The molecule has 31 heavy (non-hydrogen) atoms. The van der Waals surface area contributed by atoms with Gasteiger partial charge in [-0.2, -0.15) is 17.0 Å². The fourth-order valence-corrected chi connectivity index (χ4v) is 7.03. The highest BCUT2D eigenvalue weighted by Gasteiger charge is 2.25. The first-order valence-electron chi connectivity index (χ1n) is 10.6. The summed E-state index contributed by atoms with van der Waals surface area (Å²) in [6.45, 7) is 8.05. The number of sulfonamides is 1. The summed E-state index contributed by atoms with van der Waals surface area (Å²) in [5.74, 6) is 3.10. The van der Waals surface area contributed by atoms with E-state index in [4.69, 9.17) is 0 Å². The van der Waals surface area contributed by atoms with Crippen molar-refractivity contribution in [3.05, 3.63) is 39.3 Å². The third-order valence-electron chi connectivity index (χ3n) is 5.67. The van der Waals surface area contributed by atoms with Crippen molar-refractivity contribution in [1.29, 1.82) is 5.26 Å². The topological polar surface area (TPSA) is 86.1 Å². The van der Waals surface area contributed by atoms with E-state index in [-0.39, 0.29) is 17.0 Å². The lowest BCUT2D eigenvalue weighted by Crippen LogP contribution is -2.34. The van der Waals surface area contributed by atoms with Crippen molar-refractivity contribution >= 4 is 38.8 Å². The van der Waals surface area contributed by atoms with E-state index in [9.17, 15) is 13.7 Å². The number of aryl methyl sites for hydroxylation is 2. The molecule has 0 saturated carbocycles. The molecule has 0 aliphatic carbocycles. The van der Waals surface area contributed by atoms with E-state index >= 15 is 0 Å². The molecule has 0 amide bonds. The minimum absolute atomic E-state index is 0.0917. The number of piperidine rings is 1. The molecule has 6 nitrogen and oxygen atoms in total. The van der Waals surface area contributed by atoms with Crippen molar-refractivity contribution in [2.75, 3.05) is 36.0 Å². The fourth-order valence-electron chi connectivity index (χ4n) is 3.96. The number of aromatic nitrogens is 1. The zero-order chi connectivity index (χ0) is 22.4. The number of hydrogen-bond acceptors (Lipinski definition) is 7. The summed E-state index contributed by atoms with van der Waals surface area (Å²) in [6.07, 6.45) is 2.85. The van der Waals surface area contributed by atoms with Crippen molar-refractivity contribution < 1.29 is 8.42 Å². The highest BCUT2D eigenvalue weighted by Crippen LogP contribution is 2.30. The molecule has 0 radical (unpaired) electrons. The molecule has 1 saturated heterocycles. The molecule has 1 aliphatic rings. The summed E-state index contributed by atoms with van der Waals surface area (Å²) in [7, 11) is -3.78. The Morgan fingerprint density at radius 2 is 2.06 bits per heavy atom. The molecule has 0 atom stereocenters. The third-order valence-corrected chi connectivity index (χ3v) is 9.45. The van der Waals surface area contributed by atoms with Gasteiger partial charge >= 0.3 is 0 Å². The molecular formula is C22H30N4O2S3. The predicted octanol–water partition coefficient (Wildman–Crippen LogP) is 4.12. The molecule has 0 spiro atoms. The Kier molecular flexibility index (Phi) is 8.39. The number of thioether (sulfide) groups is 1. The van der Waals surface area contributed by atoms with Gasteiger partial charge in [0.15, 0.2) is 0 Å². The van der Waals surface area contributed by atoms with Crippen LogP contribution in [0.1, 0.15) is 41.5 Å². The minimum atomic E-state index is -3.78. The second-order valence-electron chi connectivity index (χ2n) is 7.85. The highest BCUT2D eigenvalue weighted by molar-refractivity contribution is 7.99. The van der Waals surface area contributed by atoms with E-state index in [0.717, 1.165) is 53.9 Å². The van der Waals surface area contributed by atoms with E-state index in [1.54, 1.807) is 18.5 Å². The Hall–Kier alpha value is -1.60. The Labute approximate surface area is 194 Å². The zero-order valence-corrected chi connectivity index (χ0v) is 20.8. The zero-order valence-electron chi connectivity index (χ0n) is 18.3. The molecule has 168 valence electrons. The van der Waals surface area contributed by atoms with Crippen molar-refractivity contribution in [2.24, 2.45) is 5.92 Å². The average molecular weight is 479 g/mol. The minimum Gasteiger partial charge on any atom is -0.371 e. The maximum Gasteiger partial charge on any atom is 0.242 e.